The van der Waals surface area contributed by atoms with Crippen LogP contribution in [0.5, 0.6) is 0 Å². The van der Waals surface area contributed by atoms with Crippen LogP contribution in [0.4, 0.5) is 0 Å². The van der Waals surface area contributed by atoms with Gasteiger partial charge in [-0.15, -0.1) is 11.8 Å². The molecule has 1 fully saturated rings. The molecule has 0 aromatic rings. The van der Waals surface area contributed by atoms with E-state index in [1.807, 2.05) is 6.92 Å². The van der Waals surface area contributed by atoms with Crippen molar-refractivity contribution in [2.45, 2.75) is 44.6 Å². The second kappa shape index (κ2) is 5.55. The monoisotopic (exact) mass is 282 g/mol. The molecule has 1 rings (SSSR count). The molecular weight excluding hydrogens is 264 g/mol. The van der Waals surface area contributed by atoms with E-state index in [-0.39, 0.29) is 11.4 Å². The van der Waals surface area contributed by atoms with Crippen molar-refractivity contribution in [3.8, 4) is 0 Å². The molecule has 2 N–H and O–H groups in total. The number of nitrogens with one attached hydrogen (secondary N) is 1. The minimum absolute atomic E-state index is 0.252. The number of thioether (sulfide) groups is 1. The first-order chi connectivity index (χ1) is 7.79. The molecule has 0 spiro atoms. The maximum atomic E-state index is 12.1. The number of carboxylic acids is 1. The van der Waals surface area contributed by atoms with Gasteiger partial charge in [0.2, 0.25) is 0 Å². The van der Waals surface area contributed by atoms with E-state index < -0.39 is 22.2 Å². The zero-order valence-electron chi connectivity index (χ0n) is 10.1. The minimum Gasteiger partial charge on any atom is -0.480 e. The third-order valence-corrected chi connectivity index (χ3v) is 5.75. The number of hydrogen-bond donors (Lipinski definition) is 2. The summed E-state index contributed by atoms with van der Waals surface area (Å²) >= 11 is 1.37. The van der Waals surface area contributed by atoms with Crippen LogP contribution in [-0.2, 0) is 15.0 Å². The van der Waals surface area contributed by atoms with Gasteiger partial charge in [0.1, 0.15) is 6.04 Å². The third-order valence-electron chi connectivity index (χ3n) is 2.33. The van der Waals surface area contributed by atoms with Gasteiger partial charge in [-0.2, -0.15) is 17.4 Å². The number of carboxylic acid groups (broad SMARTS) is 1. The molecule has 0 aliphatic carbocycles. The molecule has 0 aromatic carbocycles. The van der Waals surface area contributed by atoms with Gasteiger partial charge < -0.3 is 5.11 Å². The highest BCUT2D eigenvalue weighted by Crippen LogP contribution is 2.33. The standard InChI is InChI=1S/C9H18N2O4S2/c1-4-8-11(7(5-16-8)9(12)13)17(14,15)10-6(2)3/h6-8,10H,4-5H2,1-3H3,(H,12,13). The van der Waals surface area contributed by atoms with Crippen LogP contribution in [0.2, 0.25) is 0 Å². The normalized spacial score (nSPS) is 26.6. The number of carbonyl (C=O) groups is 1. The SMILES string of the molecule is CCC1SCC(C(=O)O)N1S(=O)(=O)NC(C)C. The van der Waals surface area contributed by atoms with Crippen molar-refractivity contribution in [3.05, 3.63) is 0 Å². The second-order valence-corrected chi connectivity index (χ2v) is 6.98. The van der Waals surface area contributed by atoms with E-state index in [4.69, 9.17) is 5.11 Å². The zero-order valence-corrected chi connectivity index (χ0v) is 11.7. The predicted molar refractivity (Wildman–Crippen MR) is 67.0 cm³/mol. The Balaban J connectivity index is 3.00. The van der Waals surface area contributed by atoms with Crippen molar-refractivity contribution in [2.75, 3.05) is 5.75 Å². The Morgan fingerprint density at radius 2 is 2.18 bits per heavy atom. The molecule has 0 saturated carbocycles. The van der Waals surface area contributed by atoms with E-state index in [0.717, 1.165) is 4.31 Å². The lowest BCUT2D eigenvalue weighted by Gasteiger charge is -2.26. The van der Waals surface area contributed by atoms with Crippen LogP contribution >= 0.6 is 11.8 Å². The highest BCUT2D eigenvalue weighted by molar-refractivity contribution is 8.01. The van der Waals surface area contributed by atoms with Crippen LogP contribution in [-0.4, -0.2) is 47.0 Å². The molecule has 2 atom stereocenters. The summed E-state index contributed by atoms with van der Waals surface area (Å²) in [6.07, 6.45) is 0.591. The second-order valence-electron chi connectivity index (χ2n) is 4.16. The number of hydrogen-bond acceptors (Lipinski definition) is 4. The van der Waals surface area contributed by atoms with Crippen molar-refractivity contribution >= 4 is 27.9 Å². The molecule has 100 valence electrons. The Morgan fingerprint density at radius 3 is 2.59 bits per heavy atom. The molecule has 1 aliphatic heterocycles. The molecule has 1 aliphatic rings. The molecular formula is C9H18N2O4S2. The topological polar surface area (TPSA) is 86.7 Å². The lowest BCUT2D eigenvalue weighted by Crippen LogP contribution is -2.51. The summed E-state index contributed by atoms with van der Waals surface area (Å²) in [5.74, 6) is -0.796. The largest absolute Gasteiger partial charge is 0.480 e. The van der Waals surface area contributed by atoms with Crippen LogP contribution in [0.15, 0.2) is 0 Å². The van der Waals surface area contributed by atoms with Gasteiger partial charge in [-0.3, -0.25) is 4.79 Å². The van der Waals surface area contributed by atoms with E-state index in [2.05, 4.69) is 4.72 Å². The Morgan fingerprint density at radius 1 is 1.59 bits per heavy atom. The first-order valence-corrected chi connectivity index (χ1v) is 7.93. The molecule has 0 bridgehead atoms. The van der Waals surface area contributed by atoms with Gasteiger partial charge in [-0.1, -0.05) is 6.92 Å². The van der Waals surface area contributed by atoms with Gasteiger partial charge in [0.15, 0.2) is 0 Å². The van der Waals surface area contributed by atoms with Crippen LogP contribution in [0.1, 0.15) is 27.2 Å². The van der Waals surface area contributed by atoms with Crippen molar-refractivity contribution in [3.63, 3.8) is 0 Å². The quantitative estimate of drug-likeness (QED) is 0.765. The Bertz CT molecular complexity index is 382. The lowest BCUT2D eigenvalue weighted by molar-refractivity contribution is -0.140. The molecule has 1 saturated heterocycles. The summed E-state index contributed by atoms with van der Waals surface area (Å²) in [6, 6.07) is -1.22. The first kappa shape index (κ1) is 14.7. The minimum atomic E-state index is -3.73. The van der Waals surface area contributed by atoms with Crippen LogP contribution in [0.25, 0.3) is 0 Å². The molecule has 17 heavy (non-hydrogen) atoms. The highest BCUT2D eigenvalue weighted by Gasteiger charge is 2.45. The maximum absolute atomic E-state index is 12.1. The van der Waals surface area contributed by atoms with Gasteiger partial charge in [0.25, 0.3) is 10.2 Å². The zero-order chi connectivity index (χ0) is 13.2. The Hall–Kier alpha value is -0.310. The number of nitrogens with zero attached hydrogens (tertiary/aromatic N) is 1. The van der Waals surface area contributed by atoms with Crippen molar-refractivity contribution in [1.29, 1.82) is 0 Å². The fraction of sp³-hybridized carbons (Fsp3) is 0.889. The van der Waals surface area contributed by atoms with E-state index >= 15 is 0 Å². The van der Waals surface area contributed by atoms with Crippen LogP contribution in [0, 0.1) is 0 Å². The lowest BCUT2D eigenvalue weighted by atomic mass is 10.3. The molecule has 8 heteroatoms. The highest BCUT2D eigenvalue weighted by atomic mass is 32.2. The summed E-state index contributed by atoms with van der Waals surface area (Å²) in [5, 5.41) is 8.75. The molecule has 0 amide bonds. The van der Waals surface area contributed by atoms with E-state index in [9.17, 15) is 13.2 Å². The summed E-state index contributed by atoms with van der Waals surface area (Å²) in [5.41, 5.74) is 0. The summed E-state index contributed by atoms with van der Waals surface area (Å²) in [4.78, 5) is 11.1. The van der Waals surface area contributed by atoms with Gasteiger partial charge in [0.05, 0.1) is 5.37 Å². The molecule has 1 heterocycles. The third kappa shape index (κ3) is 3.34. The van der Waals surface area contributed by atoms with Gasteiger partial charge in [-0.05, 0) is 20.3 Å². The molecule has 0 aromatic heterocycles. The van der Waals surface area contributed by atoms with Crippen LogP contribution in [0.3, 0.4) is 0 Å². The van der Waals surface area contributed by atoms with Crippen molar-refractivity contribution in [2.24, 2.45) is 0 Å². The maximum Gasteiger partial charge on any atom is 0.322 e. The summed E-state index contributed by atoms with van der Waals surface area (Å²) in [6.45, 7) is 5.26. The summed E-state index contributed by atoms with van der Waals surface area (Å²) in [7, 11) is -3.73. The van der Waals surface area contributed by atoms with E-state index in [1.54, 1.807) is 13.8 Å². The average Bonchev–Trinajstić information content (AvgIpc) is 2.59. The Kier molecular flexibility index (Phi) is 4.82. The fourth-order valence-electron chi connectivity index (χ4n) is 1.71. The Labute approximate surface area is 106 Å². The van der Waals surface area contributed by atoms with Gasteiger partial charge >= 0.3 is 5.97 Å². The van der Waals surface area contributed by atoms with E-state index in [0.29, 0.717) is 12.2 Å². The molecule has 2 unspecified atom stereocenters. The molecule has 6 nitrogen and oxygen atoms in total. The average molecular weight is 282 g/mol. The number of rotatable bonds is 5. The molecule has 0 radical (unpaired) electrons. The smallest absolute Gasteiger partial charge is 0.322 e. The van der Waals surface area contributed by atoms with Gasteiger partial charge in [-0.25, -0.2) is 0 Å². The van der Waals surface area contributed by atoms with Gasteiger partial charge in [0, 0.05) is 11.8 Å². The first-order valence-electron chi connectivity index (χ1n) is 5.44. The van der Waals surface area contributed by atoms with Crippen LogP contribution < -0.4 is 4.72 Å². The van der Waals surface area contributed by atoms with Crippen molar-refractivity contribution in [1.82, 2.24) is 9.03 Å². The van der Waals surface area contributed by atoms with Crippen molar-refractivity contribution < 1.29 is 18.3 Å². The fourth-order valence-corrected chi connectivity index (χ4v) is 5.24. The number of aliphatic carboxylic acids is 1. The summed E-state index contributed by atoms with van der Waals surface area (Å²) < 4.78 is 27.6. The predicted octanol–water partition coefficient (Wildman–Crippen LogP) is 0.467. The van der Waals surface area contributed by atoms with E-state index in [1.165, 1.54) is 11.8 Å².